The van der Waals surface area contributed by atoms with Crippen molar-refractivity contribution in [2.45, 2.75) is 32.6 Å². The average Bonchev–Trinajstić information content (AvgIpc) is 3.17. The molecule has 0 aromatic carbocycles. The minimum Gasteiger partial charge on any atom is -0.478 e. The van der Waals surface area contributed by atoms with E-state index in [4.69, 9.17) is 9.63 Å². The van der Waals surface area contributed by atoms with Crippen molar-refractivity contribution in [2.24, 2.45) is 5.92 Å². The number of carbonyl (C=O) groups excluding carboxylic acids is 1. The molecule has 1 amide bonds. The number of piperidine rings is 1. The number of thiophene rings is 1. The van der Waals surface area contributed by atoms with Gasteiger partial charge in [-0.3, -0.25) is 4.79 Å². The molecule has 1 saturated heterocycles. The molecule has 0 bridgehead atoms. The van der Waals surface area contributed by atoms with Gasteiger partial charge in [0.1, 0.15) is 0 Å². The number of aromatic carboxylic acids is 1. The third kappa shape index (κ3) is 4.00. The van der Waals surface area contributed by atoms with Crippen LogP contribution < -0.4 is 0 Å². The second-order valence-electron chi connectivity index (χ2n) is 6.07. The van der Waals surface area contributed by atoms with Gasteiger partial charge in [-0.25, -0.2) is 4.79 Å². The first-order valence-corrected chi connectivity index (χ1v) is 8.77. The molecule has 3 rings (SSSR count). The fraction of sp³-hybridized carbons (Fsp3) is 0.500. The molecule has 1 fully saturated rings. The number of carboxylic acid groups (broad SMARTS) is 1. The number of carbonyl (C=O) groups is 2. The lowest BCUT2D eigenvalue weighted by molar-refractivity contribution is -0.132. The Balaban J connectivity index is 1.57. The molecule has 0 saturated carbocycles. The molecule has 0 aliphatic carbocycles. The van der Waals surface area contributed by atoms with Crippen molar-refractivity contribution in [2.75, 3.05) is 13.1 Å². The molecule has 1 atom stereocenters. The van der Waals surface area contributed by atoms with Gasteiger partial charge < -0.3 is 14.5 Å². The van der Waals surface area contributed by atoms with Crippen LogP contribution in [-0.2, 0) is 17.6 Å². The second-order valence-corrected chi connectivity index (χ2v) is 7.07. The zero-order valence-electron chi connectivity index (χ0n) is 13.4. The lowest BCUT2D eigenvalue weighted by Gasteiger charge is -2.32. The molecule has 24 heavy (non-hydrogen) atoms. The number of aromatic nitrogens is 2. The summed E-state index contributed by atoms with van der Waals surface area (Å²) in [5.41, 5.74) is 0.242. The lowest BCUT2D eigenvalue weighted by Crippen LogP contribution is -2.41. The van der Waals surface area contributed by atoms with Gasteiger partial charge in [-0.15, -0.1) is 11.3 Å². The first kappa shape index (κ1) is 16.6. The SMILES string of the molecule is Cc1noc(CC2CCCN(C(=O)Cc3cc(C(=O)O)cs3)C2)n1. The summed E-state index contributed by atoms with van der Waals surface area (Å²) in [4.78, 5) is 30.3. The Morgan fingerprint density at radius 1 is 1.50 bits per heavy atom. The zero-order chi connectivity index (χ0) is 17.1. The number of carboxylic acids is 1. The van der Waals surface area contributed by atoms with Crippen LogP contribution in [0.15, 0.2) is 16.0 Å². The van der Waals surface area contributed by atoms with Gasteiger partial charge in [0.2, 0.25) is 11.8 Å². The Morgan fingerprint density at radius 2 is 2.33 bits per heavy atom. The quantitative estimate of drug-likeness (QED) is 0.888. The third-order valence-corrected chi connectivity index (χ3v) is 5.07. The molecule has 1 aliphatic rings. The van der Waals surface area contributed by atoms with Crippen molar-refractivity contribution in [1.82, 2.24) is 15.0 Å². The van der Waals surface area contributed by atoms with Crippen LogP contribution in [0.4, 0.5) is 0 Å². The lowest BCUT2D eigenvalue weighted by atomic mass is 9.94. The highest BCUT2D eigenvalue weighted by atomic mass is 32.1. The van der Waals surface area contributed by atoms with E-state index in [1.54, 1.807) is 18.4 Å². The van der Waals surface area contributed by atoms with E-state index < -0.39 is 5.97 Å². The smallest absolute Gasteiger partial charge is 0.336 e. The number of nitrogens with zero attached hydrogens (tertiary/aromatic N) is 3. The van der Waals surface area contributed by atoms with Crippen LogP contribution in [-0.4, -0.2) is 45.1 Å². The molecule has 8 heteroatoms. The van der Waals surface area contributed by atoms with E-state index in [1.807, 2.05) is 4.90 Å². The molecule has 128 valence electrons. The molecule has 0 radical (unpaired) electrons. The number of rotatable bonds is 5. The van der Waals surface area contributed by atoms with E-state index in [1.165, 1.54) is 11.3 Å². The normalized spacial score (nSPS) is 17.9. The van der Waals surface area contributed by atoms with E-state index in [-0.39, 0.29) is 17.9 Å². The number of aryl methyl sites for hydroxylation is 1. The van der Waals surface area contributed by atoms with Crippen LogP contribution >= 0.6 is 11.3 Å². The number of hydrogen-bond acceptors (Lipinski definition) is 6. The summed E-state index contributed by atoms with van der Waals surface area (Å²) in [6, 6.07) is 1.58. The summed E-state index contributed by atoms with van der Waals surface area (Å²) in [7, 11) is 0. The Morgan fingerprint density at radius 3 is 3.00 bits per heavy atom. The highest BCUT2D eigenvalue weighted by molar-refractivity contribution is 7.10. The molecule has 2 aromatic rings. The van der Waals surface area contributed by atoms with E-state index in [0.29, 0.717) is 30.6 Å². The maximum absolute atomic E-state index is 12.5. The van der Waals surface area contributed by atoms with Crippen molar-refractivity contribution >= 4 is 23.2 Å². The minimum absolute atomic E-state index is 0.0419. The average molecular weight is 349 g/mol. The van der Waals surface area contributed by atoms with Gasteiger partial charge in [0.25, 0.3) is 0 Å². The highest BCUT2D eigenvalue weighted by Gasteiger charge is 2.25. The maximum atomic E-state index is 12.5. The van der Waals surface area contributed by atoms with Crippen LogP contribution in [0.25, 0.3) is 0 Å². The van der Waals surface area contributed by atoms with Gasteiger partial charge in [0, 0.05) is 29.8 Å². The molecule has 1 N–H and O–H groups in total. The van der Waals surface area contributed by atoms with E-state index >= 15 is 0 Å². The Hall–Kier alpha value is -2.22. The number of hydrogen-bond donors (Lipinski definition) is 1. The Labute approximate surface area is 143 Å². The summed E-state index contributed by atoms with van der Waals surface area (Å²) in [6.07, 6.45) is 2.93. The van der Waals surface area contributed by atoms with E-state index in [2.05, 4.69) is 10.1 Å². The zero-order valence-corrected chi connectivity index (χ0v) is 14.2. The van der Waals surface area contributed by atoms with Crippen LogP contribution in [0.2, 0.25) is 0 Å². The van der Waals surface area contributed by atoms with Crippen molar-refractivity contribution in [3.05, 3.63) is 33.6 Å². The van der Waals surface area contributed by atoms with Crippen LogP contribution in [0.5, 0.6) is 0 Å². The predicted octanol–water partition coefficient (Wildman–Crippen LogP) is 2.16. The molecule has 7 nitrogen and oxygen atoms in total. The summed E-state index contributed by atoms with van der Waals surface area (Å²) in [5.74, 6) is 0.648. The molecule has 3 heterocycles. The van der Waals surface area contributed by atoms with Gasteiger partial charge in [-0.05, 0) is 31.7 Å². The molecule has 1 aliphatic heterocycles. The van der Waals surface area contributed by atoms with Gasteiger partial charge in [-0.2, -0.15) is 4.98 Å². The standard InChI is InChI=1S/C16H19N3O4S/c1-10-17-14(23-18-10)5-11-3-2-4-19(8-11)15(20)7-13-6-12(9-24-13)16(21)22/h6,9,11H,2-5,7-8H2,1H3,(H,21,22). The van der Waals surface area contributed by atoms with Crippen LogP contribution in [0, 0.1) is 12.8 Å². The first-order valence-electron chi connectivity index (χ1n) is 7.89. The van der Waals surface area contributed by atoms with Gasteiger partial charge >= 0.3 is 5.97 Å². The topological polar surface area (TPSA) is 96.5 Å². The molecule has 2 aromatic heterocycles. The first-order chi connectivity index (χ1) is 11.5. The van der Waals surface area contributed by atoms with Gasteiger partial charge in [0.15, 0.2) is 5.82 Å². The van der Waals surface area contributed by atoms with Crippen molar-refractivity contribution < 1.29 is 19.2 Å². The van der Waals surface area contributed by atoms with Gasteiger partial charge in [0.05, 0.1) is 12.0 Å². The van der Waals surface area contributed by atoms with Crippen molar-refractivity contribution in [1.29, 1.82) is 0 Å². The minimum atomic E-state index is -0.960. The molecule has 1 unspecified atom stereocenters. The van der Waals surface area contributed by atoms with E-state index in [0.717, 1.165) is 24.3 Å². The van der Waals surface area contributed by atoms with E-state index in [9.17, 15) is 9.59 Å². The number of likely N-dealkylation sites (tertiary alicyclic amines) is 1. The summed E-state index contributed by atoms with van der Waals surface area (Å²) in [5, 5.41) is 14.3. The predicted molar refractivity (Wildman–Crippen MR) is 87.0 cm³/mol. The highest BCUT2D eigenvalue weighted by Crippen LogP contribution is 2.22. The summed E-state index contributed by atoms with van der Waals surface area (Å²) < 4.78 is 5.17. The number of amides is 1. The van der Waals surface area contributed by atoms with Crippen molar-refractivity contribution in [3.8, 4) is 0 Å². The van der Waals surface area contributed by atoms with Crippen LogP contribution in [0.1, 0.15) is 39.8 Å². The summed E-state index contributed by atoms with van der Waals surface area (Å²) >= 11 is 1.31. The fourth-order valence-electron chi connectivity index (χ4n) is 2.97. The molecular weight excluding hydrogens is 330 g/mol. The Kier molecular flexibility index (Phi) is 4.94. The maximum Gasteiger partial charge on any atom is 0.336 e. The fourth-order valence-corrected chi connectivity index (χ4v) is 3.82. The third-order valence-electron chi connectivity index (χ3n) is 4.13. The largest absolute Gasteiger partial charge is 0.478 e. The Bertz CT molecular complexity index is 739. The molecular formula is C16H19N3O4S. The molecule has 0 spiro atoms. The monoisotopic (exact) mass is 349 g/mol. The van der Waals surface area contributed by atoms with Gasteiger partial charge in [-0.1, -0.05) is 5.16 Å². The summed E-state index contributed by atoms with van der Waals surface area (Å²) in [6.45, 7) is 3.21. The second kappa shape index (κ2) is 7.12. The van der Waals surface area contributed by atoms with Crippen molar-refractivity contribution in [3.63, 3.8) is 0 Å². The van der Waals surface area contributed by atoms with Crippen LogP contribution in [0.3, 0.4) is 0 Å².